The van der Waals surface area contributed by atoms with Gasteiger partial charge in [0.1, 0.15) is 0 Å². The van der Waals surface area contributed by atoms with Crippen molar-refractivity contribution in [2.24, 2.45) is 0 Å². The van der Waals surface area contributed by atoms with Crippen LogP contribution in [0.4, 0.5) is 0 Å². The first kappa shape index (κ1) is 19.1. The maximum absolute atomic E-state index is 12.1. The van der Waals surface area contributed by atoms with Gasteiger partial charge in [0.15, 0.2) is 0 Å². The van der Waals surface area contributed by atoms with Gasteiger partial charge in [-0.15, -0.1) is 0 Å². The summed E-state index contributed by atoms with van der Waals surface area (Å²) in [6, 6.07) is 8.52. The Kier molecular flexibility index (Phi) is 7.18. The van der Waals surface area contributed by atoms with Crippen LogP contribution in [0.2, 0.25) is 0 Å². The molecule has 0 aliphatic carbocycles. The van der Waals surface area contributed by atoms with E-state index in [-0.39, 0.29) is 25.1 Å². The molecular formula is C15H22N2O5S. The van der Waals surface area contributed by atoms with E-state index in [0.717, 1.165) is 9.87 Å². The molecule has 0 aromatic heterocycles. The summed E-state index contributed by atoms with van der Waals surface area (Å²) in [6.45, 7) is 1.20. The summed E-state index contributed by atoms with van der Waals surface area (Å²) in [5.41, 5.74) is 0.781. The Hall–Kier alpha value is -1.93. The fourth-order valence-electron chi connectivity index (χ4n) is 2.04. The van der Waals surface area contributed by atoms with Crippen molar-refractivity contribution in [2.45, 2.75) is 25.8 Å². The molecular weight excluding hydrogens is 320 g/mol. The fourth-order valence-corrected chi connectivity index (χ4v) is 2.79. The van der Waals surface area contributed by atoms with Gasteiger partial charge in [-0.1, -0.05) is 30.3 Å². The Bertz CT molecular complexity index is 631. The molecule has 2 N–H and O–H groups in total. The van der Waals surface area contributed by atoms with Gasteiger partial charge in [-0.3, -0.25) is 9.59 Å². The minimum Gasteiger partial charge on any atom is -0.481 e. The van der Waals surface area contributed by atoms with E-state index < -0.39 is 27.9 Å². The monoisotopic (exact) mass is 342 g/mol. The summed E-state index contributed by atoms with van der Waals surface area (Å²) in [5.74, 6) is -1.51. The molecule has 0 fully saturated rings. The normalized spacial score (nSPS) is 12.8. The van der Waals surface area contributed by atoms with Gasteiger partial charge in [0.2, 0.25) is 15.9 Å². The maximum Gasteiger partial charge on any atom is 0.303 e. The predicted molar refractivity (Wildman–Crippen MR) is 86.3 cm³/mol. The van der Waals surface area contributed by atoms with Crippen molar-refractivity contribution in [1.82, 2.24) is 9.62 Å². The second kappa shape index (κ2) is 8.64. The molecule has 0 radical (unpaired) electrons. The minimum atomic E-state index is -3.44. The molecule has 1 aromatic rings. The van der Waals surface area contributed by atoms with Gasteiger partial charge < -0.3 is 10.4 Å². The van der Waals surface area contributed by atoms with Crippen molar-refractivity contribution in [3.05, 3.63) is 35.9 Å². The summed E-state index contributed by atoms with van der Waals surface area (Å²) in [5, 5.41) is 11.5. The summed E-state index contributed by atoms with van der Waals surface area (Å²) >= 11 is 0. The third-order valence-corrected chi connectivity index (χ3v) is 5.20. The average molecular weight is 342 g/mol. The van der Waals surface area contributed by atoms with Crippen molar-refractivity contribution < 1.29 is 23.1 Å². The number of hydrogen-bond donors (Lipinski definition) is 2. The smallest absolute Gasteiger partial charge is 0.303 e. The number of rotatable bonds is 9. The lowest BCUT2D eigenvalue weighted by Gasteiger charge is -2.21. The number of hydrogen-bond acceptors (Lipinski definition) is 4. The number of amides is 1. The highest BCUT2D eigenvalue weighted by Crippen LogP contribution is 2.18. The number of carboxylic acid groups (broad SMARTS) is 1. The molecule has 7 nitrogen and oxygen atoms in total. The van der Waals surface area contributed by atoms with Crippen LogP contribution in [0, 0.1) is 0 Å². The second-order valence-corrected chi connectivity index (χ2v) is 7.48. The van der Waals surface area contributed by atoms with E-state index in [2.05, 4.69) is 5.32 Å². The number of carbonyl (C=O) groups is 2. The van der Waals surface area contributed by atoms with Crippen LogP contribution < -0.4 is 5.32 Å². The molecule has 128 valence electrons. The van der Waals surface area contributed by atoms with E-state index in [9.17, 15) is 18.0 Å². The van der Waals surface area contributed by atoms with Gasteiger partial charge in [0, 0.05) is 13.5 Å². The predicted octanol–water partition coefficient (Wildman–Crippen LogP) is 0.990. The zero-order chi connectivity index (χ0) is 17.5. The highest BCUT2D eigenvalue weighted by Gasteiger charge is 2.21. The molecule has 0 saturated carbocycles. The van der Waals surface area contributed by atoms with E-state index in [1.165, 1.54) is 14.0 Å². The van der Waals surface area contributed by atoms with Crippen LogP contribution in [0.3, 0.4) is 0 Å². The standard InChI is InChI=1S/C15H22N2O5S/c1-3-23(21,22)17(2)11-14(18)16-13(9-10-15(19)20)12-7-5-4-6-8-12/h4-8,13H,3,9-11H2,1-2H3,(H,16,18)(H,19,20). The van der Waals surface area contributed by atoms with Gasteiger partial charge in [0.05, 0.1) is 18.3 Å². The zero-order valence-corrected chi connectivity index (χ0v) is 14.0. The molecule has 0 spiro atoms. The largest absolute Gasteiger partial charge is 0.481 e. The van der Waals surface area contributed by atoms with E-state index in [0.29, 0.717) is 0 Å². The lowest BCUT2D eigenvalue weighted by atomic mass is 10.0. The third-order valence-electron chi connectivity index (χ3n) is 3.39. The van der Waals surface area contributed by atoms with E-state index in [1.807, 2.05) is 6.07 Å². The molecule has 1 aromatic carbocycles. The van der Waals surface area contributed by atoms with Crippen LogP contribution in [-0.4, -0.2) is 49.1 Å². The second-order valence-electron chi connectivity index (χ2n) is 5.12. The Labute approximate surface area is 136 Å². The third kappa shape index (κ3) is 6.37. The fraction of sp³-hybridized carbons (Fsp3) is 0.467. The molecule has 0 bridgehead atoms. The summed E-state index contributed by atoms with van der Waals surface area (Å²) in [6.07, 6.45) is 0.137. The van der Waals surface area contributed by atoms with Crippen molar-refractivity contribution in [3.8, 4) is 0 Å². The highest BCUT2D eigenvalue weighted by molar-refractivity contribution is 7.89. The molecule has 1 amide bonds. The Morgan fingerprint density at radius 1 is 1.26 bits per heavy atom. The van der Waals surface area contributed by atoms with E-state index in [1.54, 1.807) is 24.3 Å². The lowest BCUT2D eigenvalue weighted by molar-refractivity contribution is -0.137. The molecule has 23 heavy (non-hydrogen) atoms. The lowest BCUT2D eigenvalue weighted by Crippen LogP contribution is -2.40. The Morgan fingerprint density at radius 3 is 2.39 bits per heavy atom. The maximum atomic E-state index is 12.1. The van der Waals surface area contributed by atoms with Crippen LogP contribution in [0.1, 0.15) is 31.4 Å². The van der Waals surface area contributed by atoms with Gasteiger partial charge >= 0.3 is 5.97 Å². The molecule has 1 rings (SSSR count). The quantitative estimate of drug-likeness (QED) is 0.696. The van der Waals surface area contributed by atoms with Gasteiger partial charge in [-0.05, 0) is 18.9 Å². The number of benzene rings is 1. The molecule has 0 aliphatic rings. The molecule has 0 aliphatic heterocycles. The van der Waals surface area contributed by atoms with E-state index in [4.69, 9.17) is 5.11 Å². The topological polar surface area (TPSA) is 104 Å². The number of likely N-dealkylation sites (N-methyl/N-ethyl adjacent to an activating group) is 1. The summed E-state index contributed by atoms with van der Waals surface area (Å²) in [4.78, 5) is 22.8. The minimum absolute atomic E-state index is 0.0854. The van der Waals surface area contributed by atoms with Crippen LogP contribution >= 0.6 is 0 Å². The van der Waals surface area contributed by atoms with Crippen LogP contribution in [0.5, 0.6) is 0 Å². The van der Waals surface area contributed by atoms with Crippen LogP contribution in [0.25, 0.3) is 0 Å². The Morgan fingerprint density at radius 2 is 1.87 bits per heavy atom. The van der Waals surface area contributed by atoms with Crippen molar-refractivity contribution in [3.63, 3.8) is 0 Å². The SMILES string of the molecule is CCS(=O)(=O)N(C)CC(=O)NC(CCC(=O)O)c1ccccc1. The number of nitrogens with one attached hydrogen (secondary N) is 1. The van der Waals surface area contributed by atoms with Crippen molar-refractivity contribution in [2.75, 3.05) is 19.3 Å². The van der Waals surface area contributed by atoms with Gasteiger partial charge in [0.25, 0.3) is 0 Å². The van der Waals surface area contributed by atoms with E-state index >= 15 is 0 Å². The van der Waals surface area contributed by atoms with Crippen molar-refractivity contribution >= 4 is 21.9 Å². The van der Waals surface area contributed by atoms with Gasteiger partial charge in [-0.2, -0.15) is 4.31 Å². The first-order chi connectivity index (χ1) is 10.8. The number of nitrogens with zero attached hydrogens (tertiary/aromatic N) is 1. The van der Waals surface area contributed by atoms with Crippen molar-refractivity contribution in [1.29, 1.82) is 0 Å². The summed E-state index contributed by atoms with van der Waals surface area (Å²) < 4.78 is 24.3. The van der Waals surface area contributed by atoms with Crippen LogP contribution in [-0.2, 0) is 19.6 Å². The van der Waals surface area contributed by atoms with Gasteiger partial charge in [-0.25, -0.2) is 8.42 Å². The molecule has 1 atom stereocenters. The Balaban J connectivity index is 2.77. The van der Waals surface area contributed by atoms with Crippen LogP contribution in [0.15, 0.2) is 30.3 Å². The number of carbonyl (C=O) groups excluding carboxylic acids is 1. The number of carboxylic acids is 1. The summed E-state index contributed by atoms with van der Waals surface area (Å²) in [7, 11) is -2.10. The number of aliphatic carboxylic acids is 1. The molecule has 1 unspecified atom stereocenters. The average Bonchev–Trinajstić information content (AvgIpc) is 2.51. The number of sulfonamides is 1. The highest BCUT2D eigenvalue weighted by atomic mass is 32.2. The molecule has 0 heterocycles. The molecule has 0 saturated heterocycles. The zero-order valence-electron chi connectivity index (χ0n) is 13.2. The molecule has 8 heteroatoms. The first-order valence-electron chi connectivity index (χ1n) is 7.26. The first-order valence-corrected chi connectivity index (χ1v) is 8.87.